The largest absolute Gasteiger partial charge is 0.381 e. The summed E-state index contributed by atoms with van der Waals surface area (Å²) in [6, 6.07) is 0. The molecule has 2 N–H and O–H groups in total. The molecule has 0 aliphatic carbocycles. The summed E-state index contributed by atoms with van der Waals surface area (Å²) in [6.45, 7) is 4.66. The summed E-state index contributed by atoms with van der Waals surface area (Å²) in [7, 11) is 1.94. The standard InChI is InChI=1S/C11H19N3O/c1-8-11(9-3-5-15-6-4-9)14-10(13-8)7-12-2/h9,12H,3-7H2,1-2H3,(H,13,14). The number of aromatic amines is 1. The highest BCUT2D eigenvalue weighted by Gasteiger charge is 2.20. The average Bonchev–Trinajstić information content (AvgIpc) is 2.61. The Kier molecular flexibility index (Phi) is 3.38. The van der Waals surface area contributed by atoms with Gasteiger partial charge in [-0.05, 0) is 26.8 Å². The molecule has 0 aromatic carbocycles. The van der Waals surface area contributed by atoms with E-state index in [1.165, 1.54) is 11.4 Å². The number of ether oxygens (including phenoxy) is 1. The summed E-state index contributed by atoms with van der Waals surface area (Å²) in [6.07, 6.45) is 2.20. The van der Waals surface area contributed by atoms with E-state index in [0.717, 1.165) is 38.4 Å². The van der Waals surface area contributed by atoms with Crippen molar-refractivity contribution in [2.45, 2.75) is 32.2 Å². The molecule has 4 heteroatoms. The maximum Gasteiger partial charge on any atom is 0.120 e. The van der Waals surface area contributed by atoms with E-state index in [-0.39, 0.29) is 0 Å². The van der Waals surface area contributed by atoms with Gasteiger partial charge in [-0.2, -0.15) is 0 Å². The van der Waals surface area contributed by atoms with Crippen molar-refractivity contribution < 1.29 is 4.74 Å². The molecule has 2 rings (SSSR count). The van der Waals surface area contributed by atoms with Crippen molar-refractivity contribution in [2.75, 3.05) is 20.3 Å². The molecule has 1 aromatic heterocycles. The van der Waals surface area contributed by atoms with Gasteiger partial charge < -0.3 is 15.0 Å². The van der Waals surface area contributed by atoms with E-state index in [4.69, 9.17) is 4.74 Å². The van der Waals surface area contributed by atoms with Crippen LogP contribution in [0.25, 0.3) is 0 Å². The fraction of sp³-hybridized carbons (Fsp3) is 0.727. The minimum atomic E-state index is 0.584. The Morgan fingerprint density at radius 2 is 2.20 bits per heavy atom. The van der Waals surface area contributed by atoms with Crippen LogP contribution in [0.2, 0.25) is 0 Å². The zero-order valence-electron chi connectivity index (χ0n) is 9.47. The minimum Gasteiger partial charge on any atom is -0.381 e. The Bertz CT molecular complexity index is 316. The molecule has 1 aromatic rings. The second-order valence-corrected chi connectivity index (χ2v) is 4.11. The van der Waals surface area contributed by atoms with Gasteiger partial charge in [0, 0.05) is 24.8 Å². The number of nitrogens with one attached hydrogen (secondary N) is 2. The average molecular weight is 209 g/mol. The summed E-state index contributed by atoms with van der Waals surface area (Å²) in [4.78, 5) is 7.98. The zero-order chi connectivity index (χ0) is 10.7. The van der Waals surface area contributed by atoms with Gasteiger partial charge in [-0.15, -0.1) is 0 Å². The van der Waals surface area contributed by atoms with E-state index in [0.29, 0.717) is 5.92 Å². The summed E-state index contributed by atoms with van der Waals surface area (Å²) < 4.78 is 5.37. The normalized spacial score (nSPS) is 18.3. The van der Waals surface area contributed by atoms with Crippen molar-refractivity contribution in [3.63, 3.8) is 0 Å². The second-order valence-electron chi connectivity index (χ2n) is 4.11. The predicted molar refractivity (Wildman–Crippen MR) is 58.9 cm³/mol. The summed E-state index contributed by atoms with van der Waals surface area (Å²) in [5.41, 5.74) is 2.45. The highest BCUT2D eigenvalue weighted by Crippen LogP contribution is 2.27. The van der Waals surface area contributed by atoms with Gasteiger partial charge in [0.1, 0.15) is 5.82 Å². The molecule has 0 bridgehead atoms. The molecule has 1 aliphatic rings. The van der Waals surface area contributed by atoms with Crippen LogP contribution < -0.4 is 5.32 Å². The van der Waals surface area contributed by atoms with Gasteiger partial charge in [-0.25, -0.2) is 4.98 Å². The molecule has 0 amide bonds. The van der Waals surface area contributed by atoms with Crippen LogP contribution in [0.4, 0.5) is 0 Å². The summed E-state index contributed by atoms with van der Waals surface area (Å²) >= 11 is 0. The molecule has 2 heterocycles. The molecule has 1 saturated heterocycles. The van der Waals surface area contributed by atoms with Gasteiger partial charge in [-0.1, -0.05) is 0 Å². The first-order valence-electron chi connectivity index (χ1n) is 5.59. The second kappa shape index (κ2) is 4.77. The van der Waals surface area contributed by atoms with Gasteiger partial charge in [0.25, 0.3) is 0 Å². The maximum atomic E-state index is 5.37. The van der Waals surface area contributed by atoms with Crippen LogP contribution >= 0.6 is 0 Å². The fourth-order valence-corrected chi connectivity index (χ4v) is 2.16. The van der Waals surface area contributed by atoms with E-state index < -0.39 is 0 Å². The Morgan fingerprint density at radius 3 is 2.87 bits per heavy atom. The van der Waals surface area contributed by atoms with Crippen LogP contribution in [-0.4, -0.2) is 30.2 Å². The van der Waals surface area contributed by atoms with Crippen molar-refractivity contribution in [1.29, 1.82) is 0 Å². The number of aryl methyl sites for hydroxylation is 1. The smallest absolute Gasteiger partial charge is 0.120 e. The highest BCUT2D eigenvalue weighted by molar-refractivity contribution is 5.18. The van der Waals surface area contributed by atoms with Crippen LogP contribution in [0.5, 0.6) is 0 Å². The van der Waals surface area contributed by atoms with Crippen molar-refractivity contribution in [1.82, 2.24) is 15.3 Å². The lowest BCUT2D eigenvalue weighted by Crippen LogP contribution is -2.15. The number of aromatic nitrogens is 2. The molecule has 0 saturated carbocycles. The molecule has 0 spiro atoms. The molecule has 1 aliphatic heterocycles. The van der Waals surface area contributed by atoms with E-state index in [1.807, 2.05) is 7.05 Å². The molecule has 84 valence electrons. The van der Waals surface area contributed by atoms with Gasteiger partial charge in [-0.3, -0.25) is 0 Å². The summed E-state index contributed by atoms with van der Waals surface area (Å²) in [5.74, 6) is 1.62. The molecule has 0 radical (unpaired) electrons. The van der Waals surface area contributed by atoms with Crippen LogP contribution in [0.15, 0.2) is 0 Å². The first-order valence-corrected chi connectivity index (χ1v) is 5.59. The Morgan fingerprint density at radius 1 is 1.47 bits per heavy atom. The van der Waals surface area contributed by atoms with Crippen molar-refractivity contribution in [3.05, 3.63) is 17.2 Å². The molecular formula is C11H19N3O. The first-order chi connectivity index (χ1) is 7.31. The lowest BCUT2D eigenvalue weighted by molar-refractivity contribution is 0.0844. The highest BCUT2D eigenvalue weighted by atomic mass is 16.5. The van der Waals surface area contributed by atoms with Gasteiger partial charge in [0.15, 0.2) is 0 Å². The van der Waals surface area contributed by atoms with Crippen LogP contribution in [0.1, 0.15) is 36.0 Å². The fourth-order valence-electron chi connectivity index (χ4n) is 2.16. The van der Waals surface area contributed by atoms with Crippen LogP contribution in [-0.2, 0) is 11.3 Å². The molecular weight excluding hydrogens is 190 g/mol. The maximum absolute atomic E-state index is 5.37. The molecule has 15 heavy (non-hydrogen) atoms. The third-order valence-corrected chi connectivity index (χ3v) is 2.92. The third-order valence-electron chi connectivity index (χ3n) is 2.92. The molecule has 0 atom stereocenters. The Hall–Kier alpha value is -0.870. The minimum absolute atomic E-state index is 0.584. The number of hydrogen-bond donors (Lipinski definition) is 2. The number of H-pyrrole nitrogens is 1. The van der Waals surface area contributed by atoms with Gasteiger partial charge in [0.05, 0.1) is 12.2 Å². The van der Waals surface area contributed by atoms with Crippen molar-refractivity contribution in [3.8, 4) is 0 Å². The number of nitrogens with zero attached hydrogens (tertiary/aromatic N) is 1. The first kappa shape index (κ1) is 10.6. The number of rotatable bonds is 3. The third kappa shape index (κ3) is 2.38. The number of imidazole rings is 1. The number of hydrogen-bond acceptors (Lipinski definition) is 3. The van der Waals surface area contributed by atoms with Gasteiger partial charge in [0.2, 0.25) is 0 Å². The van der Waals surface area contributed by atoms with E-state index >= 15 is 0 Å². The van der Waals surface area contributed by atoms with E-state index in [1.54, 1.807) is 0 Å². The zero-order valence-corrected chi connectivity index (χ0v) is 9.47. The molecule has 0 unspecified atom stereocenters. The van der Waals surface area contributed by atoms with Crippen molar-refractivity contribution >= 4 is 0 Å². The molecule has 4 nitrogen and oxygen atoms in total. The molecule has 1 fully saturated rings. The predicted octanol–water partition coefficient (Wildman–Crippen LogP) is 1.33. The van der Waals surface area contributed by atoms with Gasteiger partial charge >= 0.3 is 0 Å². The summed E-state index contributed by atoms with van der Waals surface area (Å²) in [5, 5.41) is 3.11. The SMILES string of the molecule is CNCc1nc(C2CCOCC2)c(C)[nH]1. The van der Waals surface area contributed by atoms with Crippen molar-refractivity contribution in [2.24, 2.45) is 0 Å². The quantitative estimate of drug-likeness (QED) is 0.789. The van der Waals surface area contributed by atoms with Crippen LogP contribution in [0.3, 0.4) is 0 Å². The van der Waals surface area contributed by atoms with E-state index in [9.17, 15) is 0 Å². The topological polar surface area (TPSA) is 49.9 Å². The van der Waals surface area contributed by atoms with E-state index in [2.05, 4.69) is 22.2 Å². The lowest BCUT2D eigenvalue weighted by Gasteiger charge is -2.20. The van der Waals surface area contributed by atoms with Crippen LogP contribution in [0, 0.1) is 6.92 Å². The Balaban J connectivity index is 2.11. The Labute approximate surface area is 90.4 Å². The monoisotopic (exact) mass is 209 g/mol. The lowest BCUT2D eigenvalue weighted by atomic mass is 9.95.